The van der Waals surface area contributed by atoms with Gasteiger partial charge in [0.05, 0.1) is 23.2 Å². The molecule has 4 nitrogen and oxygen atoms in total. The molecule has 3 aromatic rings. The van der Waals surface area contributed by atoms with Crippen molar-refractivity contribution in [3.8, 4) is 11.5 Å². The smallest absolute Gasteiger partial charge is 0.158 e. The Hall–Kier alpha value is -1.72. The van der Waals surface area contributed by atoms with Gasteiger partial charge in [-0.2, -0.15) is 0 Å². The molecule has 0 fully saturated rings. The number of hydrogen-bond donors (Lipinski definition) is 2. The van der Waals surface area contributed by atoms with Crippen LogP contribution < -0.4 is 0 Å². The summed E-state index contributed by atoms with van der Waals surface area (Å²) in [6.45, 7) is 0.0427. The van der Waals surface area contributed by atoms with Gasteiger partial charge in [0.1, 0.15) is 5.69 Å². The summed E-state index contributed by atoms with van der Waals surface area (Å²) in [5, 5.41) is 11.0. The van der Waals surface area contributed by atoms with Gasteiger partial charge < -0.3 is 10.1 Å². The second-order valence-electron chi connectivity index (χ2n) is 3.47. The van der Waals surface area contributed by atoms with Gasteiger partial charge in [0.15, 0.2) is 5.82 Å². The van der Waals surface area contributed by atoms with E-state index in [4.69, 9.17) is 5.11 Å². The fourth-order valence-electron chi connectivity index (χ4n) is 1.61. The Morgan fingerprint density at radius 1 is 1.38 bits per heavy atom. The summed E-state index contributed by atoms with van der Waals surface area (Å²) in [5.41, 5.74) is 5.32. The topological polar surface area (TPSA) is 61.8 Å². The molecule has 0 bridgehead atoms. The molecule has 0 aliphatic carbocycles. The number of hydrogen-bond acceptors (Lipinski definition) is 4. The van der Waals surface area contributed by atoms with Gasteiger partial charge in [-0.3, -0.25) is 0 Å². The molecular weight excluding hydrogens is 222 g/mol. The van der Waals surface area contributed by atoms with Crippen molar-refractivity contribution >= 4 is 22.4 Å². The summed E-state index contributed by atoms with van der Waals surface area (Å²) in [5.74, 6) is 0.770. The molecule has 0 spiro atoms. The van der Waals surface area contributed by atoms with Crippen LogP contribution in [0, 0.1) is 0 Å². The van der Waals surface area contributed by atoms with Crippen LogP contribution in [0.3, 0.4) is 0 Å². The van der Waals surface area contributed by atoms with Gasteiger partial charge in [0, 0.05) is 5.38 Å². The van der Waals surface area contributed by atoms with E-state index in [0.717, 1.165) is 28.1 Å². The predicted octanol–water partition coefficient (Wildman–Crippen LogP) is 2.18. The van der Waals surface area contributed by atoms with Crippen LogP contribution in [0.5, 0.6) is 0 Å². The number of aromatic amines is 1. The van der Waals surface area contributed by atoms with E-state index in [1.54, 1.807) is 16.8 Å². The lowest BCUT2D eigenvalue weighted by atomic mass is 10.2. The van der Waals surface area contributed by atoms with Crippen LogP contribution in [0.25, 0.3) is 22.6 Å². The SMILES string of the molecule is OCc1ccc2nc(-c3cscn3)[nH]c2c1. The van der Waals surface area contributed by atoms with E-state index in [0.29, 0.717) is 0 Å². The molecular formula is C11H9N3OS. The Bertz CT molecular complexity index is 615. The molecule has 80 valence electrons. The van der Waals surface area contributed by atoms with E-state index >= 15 is 0 Å². The number of fused-ring (bicyclic) bond motifs is 1. The highest BCUT2D eigenvalue weighted by molar-refractivity contribution is 7.07. The Labute approximate surface area is 95.6 Å². The summed E-state index contributed by atoms with van der Waals surface area (Å²) >= 11 is 1.54. The lowest BCUT2D eigenvalue weighted by Gasteiger charge is -1.93. The normalized spacial score (nSPS) is 11.1. The third-order valence-corrected chi connectivity index (χ3v) is 2.99. The molecule has 2 N–H and O–H groups in total. The molecule has 0 aliphatic heterocycles. The van der Waals surface area contributed by atoms with Gasteiger partial charge in [-0.15, -0.1) is 11.3 Å². The van der Waals surface area contributed by atoms with Crippen molar-refractivity contribution in [2.75, 3.05) is 0 Å². The number of nitrogens with zero attached hydrogens (tertiary/aromatic N) is 2. The van der Waals surface area contributed by atoms with Crippen molar-refractivity contribution in [1.29, 1.82) is 0 Å². The molecule has 0 aliphatic rings. The van der Waals surface area contributed by atoms with Crippen molar-refractivity contribution in [2.45, 2.75) is 6.61 Å². The fourth-order valence-corrected chi connectivity index (χ4v) is 2.14. The van der Waals surface area contributed by atoms with Gasteiger partial charge in [-0.25, -0.2) is 9.97 Å². The molecule has 0 amide bonds. The highest BCUT2D eigenvalue weighted by atomic mass is 32.1. The fraction of sp³-hybridized carbons (Fsp3) is 0.0909. The summed E-state index contributed by atoms with van der Waals surface area (Å²) in [7, 11) is 0. The number of H-pyrrole nitrogens is 1. The van der Waals surface area contributed by atoms with Crippen molar-refractivity contribution < 1.29 is 5.11 Å². The monoisotopic (exact) mass is 231 g/mol. The molecule has 3 rings (SSSR count). The van der Waals surface area contributed by atoms with E-state index < -0.39 is 0 Å². The highest BCUT2D eigenvalue weighted by Crippen LogP contribution is 2.20. The number of rotatable bonds is 2. The minimum Gasteiger partial charge on any atom is -0.392 e. The molecule has 2 aromatic heterocycles. The average Bonchev–Trinajstić information content (AvgIpc) is 2.96. The van der Waals surface area contributed by atoms with Gasteiger partial charge in [-0.05, 0) is 17.7 Å². The van der Waals surface area contributed by atoms with Crippen LogP contribution in [0.4, 0.5) is 0 Å². The van der Waals surface area contributed by atoms with Crippen LogP contribution in [0.2, 0.25) is 0 Å². The molecule has 2 heterocycles. The molecule has 5 heteroatoms. The number of nitrogens with one attached hydrogen (secondary N) is 1. The molecule has 0 radical (unpaired) electrons. The third kappa shape index (κ3) is 1.50. The standard InChI is InChI=1S/C11H9N3OS/c15-4-7-1-2-8-9(3-7)14-11(13-8)10-5-16-6-12-10/h1-3,5-6,15H,4H2,(H,13,14). The van der Waals surface area contributed by atoms with Crippen LogP contribution >= 0.6 is 11.3 Å². The minimum atomic E-state index is 0.0427. The van der Waals surface area contributed by atoms with Crippen molar-refractivity contribution in [2.24, 2.45) is 0 Å². The molecule has 0 unspecified atom stereocenters. The summed E-state index contributed by atoms with van der Waals surface area (Å²) in [6, 6.07) is 5.67. The molecule has 16 heavy (non-hydrogen) atoms. The van der Waals surface area contributed by atoms with E-state index in [9.17, 15) is 0 Å². The first-order valence-corrected chi connectivity index (χ1v) is 5.79. The lowest BCUT2D eigenvalue weighted by molar-refractivity contribution is 0.282. The van der Waals surface area contributed by atoms with E-state index in [1.807, 2.05) is 23.6 Å². The maximum Gasteiger partial charge on any atom is 0.158 e. The summed E-state index contributed by atoms with van der Waals surface area (Å²) in [6.07, 6.45) is 0. The van der Waals surface area contributed by atoms with E-state index in [1.165, 1.54) is 0 Å². The number of benzene rings is 1. The Balaban J connectivity index is 2.16. The summed E-state index contributed by atoms with van der Waals surface area (Å²) < 4.78 is 0. The Morgan fingerprint density at radius 3 is 3.06 bits per heavy atom. The maximum atomic E-state index is 9.04. The van der Waals surface area contributed by atoms with Crippen LogP contribution in [0.15, 0.2) is 29.1 Å². The van der Waals surface area contributed by atoms with Crippen molar-refractivity contribution in [3.63, 3.8) is 0 Å². The van der Waals surface area contributed by atoms with Crippen LogP contribution in [-0.4, -0.2) is 20.1 Å². The maximum absolute atomic E-state index is 9.04. The molecule has 0 saturated heterocycles. The number of thiazole rings is 1. The summed E-state index contributed by atoms with van der Waals surface area (Å²) in [4.78, 5) is 11.8. The van der Waals surface area contributed by atoms with Gasteiger partial charge in [-0.1, -0.05) is 6.07 Å². The second kappa shape index (κ2) is 3.70. The number of imidazole rings is 1. The number of aromatic nitrogens is 3. The molecule has 0 saturated carbocycles. The molecule has 1 aromatic carbocycles. The Morgan fingerprint density at radius 2 is 2.31 bits per heavy atom. The highest BCUT2D eigenvalue weighted by Gasteiger charge is 2.06. The van der Waals surface area contributed by atoms with Gasteiger partial charge in [0.2, 0.25) is 0 Å². The quantitative estimate of drug-likeness (QED) is 0.710. The van der Waals surface area contributed by atoms with E-state index in [2.05, 4.69) is 15.0 Å². The first-order valence-electron chi connectivity index (χ1n) is 4.85. The second-order valence-corrected chi connectivity index (χ2v) is 4.19. The van der Waals surface area contributed by atoms with Crippen LogP contribution in [0.1, 0.15) is 5.56 Å². The average molecular weight is 231 g/mol. The Kier molecular flexibility index (Phi) is 2.19. The number of aliphatic hydroxyl groups is 1. The van der Waals surface area contributed by atoms with Crippen LogP contribution in [-0.2, 0) is 6.61 Å². The largest absolute Gasteiger partial charge is 0.392 e. The zero-order valence-electron chi connectivity index (χ0n) is 8.34. The minimum absolute atomic E-state index is 0.0427. The predicted molar refractivity (Wildman–Crippen MR) is 63.1 cm³/mol. The molecule has 0 atom stereocenters. The number of aliphatic hydroxyl groups excluding tert-OH is 1. The first-order chi connectivity index (χ1) is 7.86. The van der Waals surface area contributed by atoms with E-state index in [-0.39, 0.29) is 6.61 Å². The lowest BCUT2D eigenvalue weighted by Crippen LogP contribution is -1.81. The van der Waals surface area contributed by atoms with Gasteiger partial charge in [0.25, 0.3) is 0 Å². The van der Waals surface area contributed by atoms with Crippen molar-refractivity contribution in [1.82, 2.24) is 15.0 Å². The van der Waals surface area contributed by atoms with Crippen molar-refractivity contribution in [3.05, 3.63) is 34.7 Å². The van der Waals surface area contributed by atoms with Gasteiger partial charge >= 0.3 is 0 Å². The third-order valence-electron chi connectivity index (χ3n) is 2.40. The first kappa shape index (κ1) is 9.50. The zero-order valence-corrected chi connectivity index (χ0v) is 9.16. The zero-order chi connectivity index (χ0) is 11.0.